The van der Waals surface area contributed by atoms with Crippen LogP contribution >= 0.6 is 0 Å². The second-order valence-electron chi connectivity index (χ2n) is 10.9. The lowest BCUT2D eigenvalue weighted by atomic mass is 10.2. The highest BCUT2D eigenvalue weighted by Crippen LogP contribution is 2.25. The van der Waals surface area contributed by atoms with Gasteiger partial charge in [-0.1, -0.05) is 36.4 Å². The molecule has 0 atom stereocenters. The maximum atomic E-state index is 13.7. The zero-order chi connectivity index (χ0) is 36.6. The summed E-state index contributed by atoms with van der Waals surface area (Å²) in [6.07, 6.45) is 6.24. The zero-order valence-corrected chi connectivity index (χ0v) is 28.8. The molecule has 0 amide bonds. The summed E-state index contributed by atoms with van der Waals surface area (Å²) < 4.78 is 71.1. The average molecular weight is 747 g/mol. The van der Waals surface area contributed by atoms with Gasteiger partial charge in [-0.3, -0.25) is 14.4 Å². The normalized spacial score (nSPS) is 11.7. The smallest absolute Gasteiger partial charge is 0.415 e. The number of pyridine rings is 2. The van der Waals surface area contributed by atoms with Gasteiger partial charge in [0, 0.05) is 31.3 Å². The molecule has 52 heavy (non-hydrogen) atoms. The summed E-state index contributed by atoms with van der Waals surface area (Å²) in [5.41, 5.74) is 1.95. The van der Waals surface area contributed by atoms with E-state index in [9.17, 15) is 26.8 Å². The van der Waals surface area contributed by atoms with E-state index >= 15 is 0 Å². The molecule has 0 radical (unpaired) electrons. The molecule has 0 aliphatic heterocycles. The molecule has 0 unspecified atom stereocenters. The Kier molecular flexibility index (Phi) is 10.8. The predicted octanol–water partition coefficient (Wildman–Crippen LogP) is 2.54. The minimum atomic E-state index is -4.31. The van der Waals surface area contributed by atoms with E-state index in [1.54, 1.807) is 53.5 Å². The third kappa shape index (κ3) is 8.40. The van der Waals surface area contributed by atoms with Crippen LogP contribution < -0.4 is 15.0 Å². The van der Waals surface area contributed by atoms with Crippen molar-refractivity contribution in [3.8, 4) is 11.6 Å². The Morgan fingerprint density at radius 2 is 1.67 bits per heavy atom. The number of benzene rings is 2. The summed E-state index contributed by atoms with van der Waals surface area (Å²) in [6, 6.07) is 24.3. The van der Waals surface area contributed by atoms with Crippen LogP contribution in [0.5, 0.6) is 5.88 Å². The first-order chi connectivity index (χ1) is 25.1. The predicted molar refractivity (Wildman–Crippen MR) is 181 cm³/mol. The van der Waals surface area contributed by atoms with Crippen molar-refractivity contribution in [3.05, 3.63) is 132 Å². The van der Waals surface area contributed by atoms with E-state index in [2.05, 4.69) is 30.2 Å². The fraction of sp³-hybridized carbons (Fsp3) is 0.152. The highest BCUT2D eigenvalue weighted by molar-refractivity contribution is 7.91. The topological polar surface area (TPSA) is 216 Å². The number of esters is 1. The van der Waals surface area contributed by atoms with E-state index in [1.807, 2.05) is 24.3 Å². The first-order valence-corrected chi connectivity index (χ1v) is 18.4. The molecule has 0 saturated heterocycles. The summed E-state index contributed by atoms with van der Waals surface area (Å²) in [7, 11) is -8.31. The Labute approximate surface area is 297 Å². The molecular weight excluding hydrogens is 717 g/mol. The van der Waals surface area contributed by atoms with Gasteiger partial charge in [0.2, 0.25) is 10.0 Å². The molecule has 0 aliphatic carbocycles. The lowest BCUT2D eigenvalue weighted by Gasteiger charge is -2.22. The number of hydrogen-bond donors (Lipinski definition) is 1. The summed E-state index contributed by atoms with van der Waals surface area (Å²) in [6.45, 7) is -1.02. The molecule has 6 rings (SSSR count). The quantitative estimate of drug-likeness (QED) is 0.0856. The maximum Gasteiger partial charge on any atom is 0.415 e. The first-order valence-electron chi connectivity index (χ1n) is 15.5. The SMILES string of the molecule is O=C(CNc1cccc(CN(Cc2ccc(-n3cccn3)cc2)S(=O)(=O)c2cccnc2)n1)OCCOc1no[n+]([O-])c1S(=O)(=O)c1ccccc1. The summed E-state index contributed by atoms with van der Waals surface area (Å²) in [4.78, 5) is 20.5. The summed E-state index contributed by atoms with van der Waals surface area (Å²) in [5, 5.41) is 21.6. The van der Waals surface area contributed by atoms with Gasteiger partial charge in [-0.2, -0.15) is 9.40 Å². The molecule has 0 spiro atoms. The lowest BCUT2D eigenvalue weighted by Crippen LogP contribution is -2.31. The first kappa shape index (κ1) is 35.6. The van der Waals surface area contributed by atoms with Crippen LogP contribution in [0.15, 0.2) is 135 Å². The van der Waals surface area contributed by atoms with Crippen LogP contribution in [0.3, 0.4) is 0 Å². The number of sulfonamides is 1. The highest BCUT2D eigenvalue weighted by Gasteiger charge is 2.35. The van der Waals surface area contributed by atoms with Crippen molar-refractivity contribution in [1.29, 1.82) is 0 Å². The Hall–Kier alpha value is -6.18. The van der Waals surface area contributed by atoms with E-state index in [1.165, 1.54) is 47.0 Å². The van der Waals surface area contributed by atoms with Crippen molar-refractivity contribution in [2.45, 2.75) is 27.9 Å². The Balaban J connectivity index is 1.06. The van der Waals surface area contributed by atoms with Crippen LogP contribution in [0.2, 0.25) is 0 Å². The molecule has 0 saturated carbocycles. The molecule has 268 valence electrons. The Morgan fingerprint density at radius 1 is 0.885 bits per heavy atom. The maximum absolute atomic E-state index is 13.7. The fourth-order valence-electron chi connectivity index (χ4n) is 4.85. The van der Waals surface area contributed by atoms with E-state index in [0.29, 0.717) is 5.69 Å². The molecule has 4 aromatic heterocycles. The van der Waals surface area contributed by atoms with Gasteiger partial charge in [0.25, 0.3) is 9.84 Å². The highest BCUT2D eigenvalue weighted by atomic mass is 32.2. The molecule has 19 heteroatoms. The molecule has 0 aliphatic rings. The molecule has 2 aromatic carbocycles. The van der Waals surface area contributed by atoms with E-state index in [-0.39, 0.29) is 53.4 Å². The lowest BCUT2D eigenvalue weighted by molar-refractivity contribution is -0.832. The van der Waals surface area contributed by atoms with Gasteiger partial charge < -0.3 is 20.0 Å². The standard InChI is InChI=1S/C33H30N8O9S2/c42-31(48-19-20-49-32-33(41(43)50-38-32)51(44,45)28-8-2-1-3-9-28)22-35-30-11-4-7-26(37-30)24-39(52(46,47)29-10-5-16-34-21-29)23-25-12-14-27(15-13-25)40-18-6-17-36-40/h1-18,21H,19-20,22-24H2,(H,35,37). The Bertz CT molecular complexity index is 2320. The van der Waals surface area contributed by atoms with Crippen molar-refractivity contribution >= 4 is 31.6 Å². The third-order valence-corrected chi connectivity index (χ3v) is 10.8. The molecular formula is C33H30N8O9S2. The van der Waals surface area contributed by atoms with Crippen molar-refractivity contribution in [2.75, 3.05) is 25.1 Å². The molecule has 17 nitrogen and oxygen atoms in total. The van der Waals surface area contributed by atoms with Crippen molar-refractivity contribution in [2.24, 2.45) is 0 Å². The van der Waals surface area contributed by atoms with Crippen molar-refractivity contribution in [3.63, 3.8) is 0 Å². The van der Waals surface area contributed by atoms with Crippen LogP contribution in [0.4, 0.5) is 5.82 Å². The number of hydrogen-bond acceptors (Lipinski definition) is 14. The second kappa shape index (κ2) is 15.8. The largest absolute Gasteiger partial charge is 0.461 e. The number of carbonyl (C=O) groups is 1. The number of nitrogens with one attached hydrogen (secondary N) is 1. The van der Waals surface area contributed by atoms with Crippen LogP contribution in [0.1, 0.15) is 11.3 Å². The van der Waals surface area contributed by atoms with Crippen LogP contribution in [0, 0.1) is 5.21 Å². The van der Waals surface area contributed by atoms with Gasteiger partial charge in [0.1, 0.15) is 30.5 Å². The van der Waals surface area contributed by atoms with Crippen molar-refractivity contribution in [1.82, 2.24) is 29.2 Å². The molecule has 0 bridgehead atoms. The minimum Gasteiger partial charge on any atom is -0.461 e. The molecule has 4 heterocycles. The van der Waals surface area contributed by atoms with E-state index < -0.39 is 36.7 Å². The van der Waals surface area contributed by atoms with Crippen LogP contribution in [-0.2, 0) is 42.5 Å². The average Bonchev–Trinajstić information content (AvgIpc) is 3.84. The summed E-state index contributed by atoms with van der Waals surface area (Å²) in [5.74, 6) is -1.00. The number of aromatic nitrogens is 6. The Morgan fingerprint density at radius 3 is 2.40 bits per heavy atom. The van der Waals surface area contributed by atoms with E-state index in [4.69, 9.17) is 9.47 Å². The molecule has 0 fully saturated rings. The van der Waals surface area contributed by atoms with Crippen LogP contribution in [0.25, 0.3) is 5.69 Å². The number of carbonyl (C=O) groups excluding carboxylic acids is 1. The van der Waals surface area contributed by atoms with E-state index in [0.717, 1.165) is 11.3 Å². The van der Waals surface area contributed by atoms with Crippen molar-refractivity contribution < 1.29 is 40.6 Å². The van der Waals surface area contributed by atoms with Gasteiger partial charge in [-0.05, 0) is 65.1 Å². The number of sulfone groups is 1. The van der Waals surface area contributed by atoms with Gasteiger partial charge in [-0.25, -0.2) is 26.5 Å². The third-order valence-electron chi connectivity index (χ3n) is 7.34. The minimum absolute atomic E-state index is 0.0222. The van der Waals surface area contributed by atoms with Gasteiger partial charge in [0.05, 0.1) is 28.0 Å². The molecule has 6 aromatic rings. The monoisotopic (exact) mass is 746 g/mol. The summed E-state index contributed by atoms with van der Waals surface area (Å²) >= 11 is 0. The zero-order valence-electron chi connectivity index (χ0n) is 27.1. The number of anilines is 1. The number of nitrogens with zero attached hydrogens (tertiary/aromatic N) is 7. The number of rotatable bonds is 16. The van der Waals surface area contributed by atoms with Crippen LogP contribution in [-0.4, -0.2) is 71.8 Å². The molecule has 1 N–H and O–H groups in total. The van der Waals surface area contributed by atoms with Gasteiger partial charge in [0.15, 0.2) is 0 Å². The van der Waals surface area contributed by atoms with Gasteiger partial charge >= 0.3 is 16.9 Å². The second-order valence-corrected chi connectivity index (χ2v) is 14.7. The fourth-order valence-corrected chi connectivity index (χ4v) is 7.51. The number of ether oxygens (including phenoxy) is 2. The van der Waals surface area contributed by atoms with Gasteiger partial charge in [-0.15, -0.1) is 0 Å².